The van der Waals surface area contributed by atoms with Gasteiger partial charge in [-0.15, -0.1) is 0 Å². The molecule has 0 aliphatic rings. The van der Waals surface area contributed by atoms with E-state index in [1.54, 1.807) is 4.90 Å². The highest BCUT2D eigenvalue weighted by atomic mass is 16.3. The Morgan fingerprint density at radius 1 is 1.36 bits per heavy atom. The maximum Gasteiger partial charge on any atom is 0.317 e. The number of likely N-dealkylation sites (N-methyl/N-ethyl adjacent to an activating group) is 1. The fourth-order valence-corrected chi connectivity index (χ4v) is 1.28. The Bertz CT molecular complexity index is 158. The third-order valence-corrected chi connectivity index (χ3v) is 2.35. The average Bonchev–Trinajstić information content (AvgIpc) is 2.22. The molecule has 14 heavy (non-hydrogen) atoms. The molecule has 84 valence electrons. The van der Waals surface area contributed by atoms with E-state index in [9.17, 15) is 4.79 Å². The summed E-state index contributed by atoms with van der Waals surface area (Å²) in [5.41, 5.74) is 0. The molecule has 0 aromatic heterocycles. The predicted octanol–water partition coefficient (Wildman–Crippen LogP) is 1.20. The molecule has 2 amide bonds. The second-order valence-electron chi connectivity index (χ2n) is 3.27. The third-order valence-electron chi connectivity index (χ3n) is 2.35. The molecule has 0 heterocycles. The van der Waals surface area contributed by atoms with Crippen LogP contribution in [0.5, 0.6) is 0 Å². The zero-order valence-electron chi connectivity index (χ0n) is 9.42. The SMILES string of the molecule is CCC(CC)NC(=O)N(CC)CCO. The Hall–Kier alpha value is -0.770. The van der Waals surface area contributed by atoms with Gasteiger partial charge in [0, 0.05) is 19.1 Å². The molecule has 0 bridgehead atoms. The molecule has 0 unspecified atom stereocenters. The Morgan fingerprint density at radius 3 is 2.29 bits per heavy atom. The predicted molar refractivity (Wildman–Crippen MR) is 57.2 cm³/mol. The minimum absolute atomic E-state index is 0.0180. The molecule has 0 saturated carbocycles. The summed E-state index contributed by atoms with van der Waals surface area (Å²) in [7, 11) is 0. The van der Waals surface area contributed by atoms with Crippen LogP contribution in [0.25, 0.3) is 0 Å². The molecule has 0 aromatic carbocycles. The van der Waals surface area contributed by atoms with Crippen LogP contribution in [-0.2, 0) is 0 Å². The minimum atomic E-state index is -0.0738. The lowest BCUT2D eigenvalue weighted by Crippen LogP contribution is -2.45. The minimum Gasteiger partial charge on any atom is -0.395 e. The van der Waals surface area contributed by atoms with E-state index in [4.69, 9.17) is 5.11 Å². The van der Waals surface area contributed by atoms with Crippen molar-refractivity contribution in [3.8, 4) is 0 Å². The van der Waals surface area contributed by atoms with Crippen molar-refractivity contribution in [2.75, 3.05) is 19.7 Å². The summed E-state index contributed by atoms with van der Waals surface area (Å²) in [6.45, 7) is 7.06. The standard InChI is InChI=1S/C10H22N2O2/c1-4-9(5-2)11-10(14)12(6-3)7-8-13/h9,13H,4-8H2,1-3H3,(H,11,14). The van der Waals surface area contributed by atoms with Gasteiger partial charge in [-0.3, -0.25) is 0 Å². The number of amides is 2. The fourth-order valence-electron chi connectivity index (χ4n) is 1.28. The van der Waals surface area contributed by atoms with Gasteiger partial charge in [0.05, 0.1) is 6.61 Å². The van der Waals surface area contributed by atoms with Gasteiger partial charge in [-0.25, -0.2) is 4.79 Å². The number of aliphatic hydroxyl groups excluding tert-OH is 1. The molecule has 0 saturated heterocycles. The van der Waals surface area contributed by atoms with Gasteiger partial charge in [0.2, 0.25) is 0 Å². The highest BCUT2D eigenvalue weighted by Crippen LogP contribution is 1.98. The van der Waals surface area contributed by atoms with Crippen LogP contribution >= 0.6 is 0 Å². The Labute approximate surface area is 86.3 Å². The van der Waals surface area contributed by atoms with E-state index in [0.29, 0.717) is 13.1 Å². The quantitative estimate of drug-likeness (QED) is 0.680. The Balaban J connectivity index is 4.01. The summed E-state index contributed by atoms with van der Waals surface area (Å²) in [6, 6.07) is 0.172. The number of nitrogens with zero attached hydrogens (tertiary/aromatic N) is 1. The van der Waals surface area contributed by atoms with Gasteiger partial charge in [-0.1, -0.05) is 13.8 Å². The first-order valence-corrected chi connectivity index (χ1v) is 5.35. The Kier molecular flexibility index (Phi) is 7.20. The lowest BCUT2D eigenvalue weighted by molar-refractivity contribution is 0.176. The summed E-state index contributed by atoms with van der Waals surface area (Å²) < 4.78 is 0. The van der Waals surface area contributed by atoms with E-state index in [0.717, 1.165) is 12.8 Å². The van der Waals surface area contributed by atoms with E-state index in [1.807, 2.05) is 6.92 Å². The van der Waals surface area contributed by atoms with Gasteiger partial charge in [0.1, 0.15) is 0 Å². The van der Waals surface area contributed by atoms with E-state index >= 15 is 0 Å². The number of carbonyl (C=O) groups excluding carboxylic acids is 1. The fraction of sp³-hybridized carbons (Fsp3) is 0.900. The number of rotatable bonds is 6. The van der Waals surface area contributed by atoms with Gasteiger partial charge in [0.25, 0.3) is 0 Å². The number of aliphatic hydroxyl groups is 1. The van der Waals surface area contributed by atoms with Crippen molar-refractivity contribution in [3.05, 3.63) is 0 Å². The molecule has 0 spiro atoms. The second kappa shape index (κ2) is 7.62. The summed E-state index contributed by atoms with van der Waals surface area (Å²) in [5, 5.41) is 11.7. The van der Waals surface area contributed by atoms with Crippen LogP contribution in [0.4, 0.5) is 4.79 Å². The molecule has 4 heteroatoms. The maximum absolute atomic E-state index is 11.6. The molecular weight excluding hydrogens is 180 g/mol. The van der Waals surface area contributed by atoms with Crippen LogP contribution in [0.3, 0.4) is 0 Å². The normalized spacial score (nSPS) is 10.4. The molecule has 4 nitrogen and oxygen atoms in total. The Morgan fingerprint density at radius 2 is 1.93 bits per heavy atom. The number of urea groups is 1. The van der Waals surface area contributed by atoms with E-state index in [2.05, 4.69) is 19.2 Å². The van der Waals surface area contributed by atoms with E-state index in [-0.39, 0.29) is 18.7 Å². The first kappa shape index (κ1) is 13.2. The molecule has 0 atom stereocenters. The van der Waals surface area contributed by atoms with Crippen molar-refractivity contribution >= 4 is 6.03 Å². The first-order chi connectivity index (χ1) is 6.69. The number of nitrogens with one attached hydrogen (secondary N) is 1. The van der Waals surface area contributed by atoms with Crippen molar-refractivity contribution in [1.29, 1.82) is 0 Å². The van der Waals surface area contributed by atoms with Gasteiger partial charge >= 0.3 is 6.03 Å². The molecule has 0 rings (SSSR count). The molecule has 0 fully saturated rings. The van der Waals surface area contributed by atoms with Crippen LogP contribution in [0.2, 0.25) is 0 Å². The average molecular weight is 202 g/mol. The number of hydrogen-bond donors (Lipinski definition) is 2. The first-order valence-electron chi connectivity index (χ1n) is 5.35. The second-order valence-corrected chi connectivity index (χ2v) is 3.27. The van der Waals surface area contributed by atoms with Crippen LogP contribution in [0, 0.1) is 0 Å². The van der Waals surface area contributed by atoms with Gasteiger partial charge in [-0.2, -0.15) is 0 Å². The molecule has 0 aromatic rings. The number of carbonyl (C=O) groups is 1. The van der Waals surface area contributed by atoms with Crippen LogP contribution in [0.1, 0.15) is 33.6 Å². The van der Waals surface area contributed by atoms with Crippen LogP contribution in [-0.4, -0.2) is 41.8 Å². The highest BCUT2D eigenvalue weighted by molar-refractivity contribution is 5.74. The summed E-state index contributed by atoms with van der Waals surface area (Å²) in [4.78, 5) is 13.2. The lowest BCUT2D eigenvalue weighted by atomic mass is 10.2. The third kappa shape index (κ3) is 4.46. The van der Waals surface area contributed by atoms with Gasteiger partial charge in [0.15, 0.2) is 0 Å². The zero-order valence-corrected chi connectivity index (χ0v) is 9.42. The topological polar surface area (TPSA) is 52.6 Å². The summed E-state index contributed by atoms with van der Waals surface area (Å²) >= 11 is 0. The maximum atomic E-state index is 11.6. The molecular formula is C10H22N2O2. The molecule has 0 aliphatic heterocycles. The zero-order chi connectivity index (χ0) is 11.0. The van der Waals surface area contributed by atoms with Crippen LogP contribution in [0.15, 0.2) is 0 Å². The van der Waals surface area contributed by atoms with Crippen LogP contribution < -0.4 is 5.32 Å². The lowest BCUT2D eigenvalue weighted by Gasteiger charge is -2.23. The van der Waals surface area contributed by atoms with E-state index < -0.39 is 0 Å². The number of hydrogen-bond acceptors (Lipinski definition) is 2. The van der Waals surface area contributed by atoms with Crippen molar-refractivity contribution < 1.29 is 9.90 Å². The summed E-state index contributed by atoms with van der Waals surface area (Å²) in [5.74, 6) is 0. The van der Waals surface area contributed by atoms with Gasteiger partial charge in [-0.05, 0) is 19.8 Å². The van der Waals surface area contributed by atoms with Crippen molar-refractivity contribution in [2.45, 2.75) is 39.7 Å². The van der Waals surface area contributed by atoms with Crippen molar-refractivity contribution in [2.24, 2.45) is 0 Å². The van der Waals surface area contributed by atoms with Crippen molar-refractivity contribution in [1.82, 2.24) is 10.2 Å². The van der Waals surface area contributed by atoms with Crippen molar-refractivity contribution in [3.63, 3.8) is 0 Å². The molecule has 2 N–H and O–H groups in total. The summed E-state index contributed by atoms with van der Waals surface area (Å²) in [6.07, 6.45) is 1.89. The molecule has 0 radical (unpaired) electrons. The smallest absolute Gasteiger partial charge is 0.317 e. The monoisotopic (exact) mass is 202 g/mol. The molecule has 0 aliphatic carbocycles. The highest BCUT2D eigenvalue weighted by Gasteiger charge is 2.13. The van der Waals surface area contributed by atoms with Gasteiger partial charge < -0.3 is 15.3 Å². The largest absolute Gasteiger partial charge is 0.395 e. The van der Waals surface area contributed by atoms with E-state index in [1.165, 1.54) is 0 Å².